The van der Waals surface area contributed by atoms with Crippen LogP contribution < -0.4 is 0 Å². The molecule has 0 aromatic carbocycles. The number of nitrogens with zero attached hydrogens (tertiary/aromatic N) is 2. The van der Waals surface area contributed by atoms with Crippen LogP contribution in [0.15, 0.2) is 0 Å². The van der Waals surface area contributed by atoms with Gasteiger partial charge in [-0.25, -0.2) is 0 Å². The quantitative estimate of drug-likeness (QED) is 0.752. The van der Waals surface area contributed by atoms with Crippen LogP contribution in [-0.4, -0.2) is 20.3 Å². The van der Waals surface area contributed by atoms with E-state index in [1.807, 2.05) is 0 Å². The zero-order chi connectivity index (χ0) is 10.9. The maximum atomic E-state index is 11.1. The second-order valence-corrected chi connectivity index (χ2v) is 3.36. The molecule has 14 heavy (non-hydrogen) atoms. The Morgan fingerprint density at radius 3 is 2.29 bits per heavy atom. The lowest BCUT2D eigenvalue weighted by atomic mass is 10.2. The van der Waals surface area contributed by atoms with Crippen molar-refractivity contribution < 1.29 is 9.59 Å². The van der Waals surface area contributed by atoms with E-state index in [4.69, 9.17) is 23.2 Å². The SMILES string of the molecule is CCn1nc(C)c(C(=O)Cl)c1C(=O)Cl. The van der Waals surface area contributed by atoms with Crippen molar-refractivity contribution >= 4 is 33.7 Å². The largest absolute Gasteiger partial charge is 0.275 e. The summed E-state index contributed by atoms with van der Waals surface area (Å²) in [5.74, 6) is 0. The monoisotopic (exact) mass is 234 g/mol. The van der Waals surface area contributed by atoms with Crippen LogP contribution in [0.3, 0.4) is 0 Å². The lowest BCUT2D eigenvalue weighted by molar-refractivity contribution is 0.104. The molecule has 0 saturated carbocycles. The molecule has 1 aromatic heterocycles. The van der Waals surface area contributed by atoms with Gasteiger partial charge in [-0.1, -0.05) is 0 Å². The number of carbonyl (C=O) groups is 2. The van der Waals surface area contributed by atoms with Crippen molar-refractivity contribution in [3.63, 3.8) is 0 Å². The molecule has 1 rings (SSSR count). The maximum Gasteiger partial charge on any atom is 0.271 e. The summed E-state index contributed by atoms with van der Waals surface area (Å²) >= 11 is 10.7. The van der Waals surface area contributed by atoms with Crippen LogP contribution in [0.4, 0.5) is 0 Å². The van der Waals surface area contributed by atoms with Gasteiger partial charge < -0.3 is 0 Å². The molecule has 0 N–H and O–H groups in total. The van der Waals surface area contributed by atoms with E-state index in [2.05, 4.69) is 5.10 Å². The second-order valence-electron chi connectivity index (χ2n) is 2.67. The highest BCUT2D eigenvalue weighted by Crippen LogP contribution is 2.18. The average Bonchev–Trinajstić information content (AvgIpc) is 2.41. The van der Waals surface area contributed by atoms with Gasteiger partial charge in [0, 0.05) is 6.54 Å². The summed E-state index contributed by atoms with van der Waals surface area (Å²) < 4.78 is 1.36. The van der Waals surface area contributed by atoms with Crippen molar-refractivity contribution in [3.05, 3.63) is 17.0 Å². The Hall–Kier alpha value is -0.870. The first-order chi connectivity index (χ1) is 6.49. The molecule has 1 heterocycles. The Kier molecular flexibility index (Phi) is 3.29. The summed E-state index contributed by atoms with van der Waals surface area (Å²) in [6.07, 6.45) is 0. The predicted molar refractivity (Wildman–Crippen MR) is 53.0 cm³/mol. The van der Waals surface area contributed by atoms with Crippen molar-refractivity contribution in [1.29, 1.82) is 0 Å². The fourth-order valence-electron chi connectivity index (χ4n) is 1.25. The highest BCUT2D eigenvalue weighted by atomic mass is 35.5. The van der Waals surface area contributed by atoms with Gasteiger partial charge in [0.25, 0.3) is 10.5 Å². The van der Waals surface area contributed by atoms with E-state index in [1.54, 1.807) is 13.8 Å². The van der Waals surface area contributed by atoms with Crippen molar-refractivity contribution in [2.24, 2.45) is 0 Å². The molecule has 0 unspecified atom stereocenters. The fraction of sp³-hybridized carbons (Fsp3) is 0.375. The maximum absolute atomic E-state index is 11.1. The first-order valence-electron chi connectivity index (χ1n) is 3.96. The second kappa shape index (κ2) is 4.11. The minimum atomic E-state index is -0.726. The van der Waals surface area contributed by atoms with E-state index in [-0.39, 0.29) is 11.3 Å². The number of carbonyl (C=O) groups excluding carboxylic acids is 2. The molecule has 0 saturated heterocycles. The van der Waals surface area contributed by atoms with Gasteiger partial charge >= 0.3 is 0 Å². The predicted octanol–water partition coefficient (Wildman–Crippen LogP) is 1.97. The number of aromatic nitrogens is 2. The molecule has 76 valence electrons. The minimum absolute atomic E-state index is 0.0617. The number of aryl methyl sites for hydroxylation is 2. The molecular formula is C8H8Cl2N2O2. The Morgan fingerprint density at radius 1 is 1.36 bits per heavy atom. The van der Waals surface area contributed by atoms with Gasteiger partial charge in [-0.05, 0) is 37.0 Å². The van der Waals surface area contributed by atoms with Crippen LogP contribution in [0.2, 0.25) is 0 Å². The molecule has 0 spiro atoms. The number of hydrogen-bond donors (Lipinski definition) is 0. The van der Waals surface area contributed by atoms with Crippen molar-refractivity contribution in [2.45, 2.75) is 20.4 Å². The van der Waals surface area contributed by atoms with Gasteiger partial charge in [0.05, 0.1) is 11.3 Å². The summed E-state index contributed by atoms with van der Waals surface area (Å²) in [6.45, 7) is 3.85. The van der Waals surface area contributed by atoms with Gasteiger partial charge in [0.1, 0.15) is 5.69 Å². The van der Waals surface area contributed by atoms with Crippen LogP contribution in [0.1, 0.15) is 33.5 Å². The van der Waals surface area contributed by atoms with E-state index in [9.17, 15) is 9.59 Å². The molecule has 0 bridgehead atoms. The zero-order valence-corrected chi connectivity index (χ0v) is 9.19. The van der Waals surface area contributed by atoms with Crippen molar-refractivity contribution in [2.75, 3.05) is 0 Å². The van der Waals surface area contributed by atoms with Gasteiger partial charge in [-0.2, -0.15) is 5.10 Å². The highest BCUT2D eigenvalue weighted by Gasteiger charge is 2.23. The van der Waals surface area contributed by atoms with Crippen LogP contribution in [-0.2, 0) is 6.54 Å². The standard InChI is InChI=1S/C8H8Cl2N2O2/c1-3-12-6(8(10)14)5(7(9)13)4(2)11-12/h3H2,1-2H3. The van der Waals surface area contributed by atoms with Crippen LogP contribution in [0.5, 0.6) is 0 Å². The third kappa shape index (κ3) is 1.81. The number of halogens is 2. The lowest BCUT2D eigenvalue weighted by Gasteiger charge is -1.99. The van der Waals surface area contributed by atoms with Gasteiger partial charge in [0.15, 0.2) is 0 Å². The number of rotatable bonds is 3. The third-order valence-electron chi connectivity index (χ3n) is 1.81. The molecule has 4 nitrogen and oxygen atoms in total. The van der Waals surface area contributed by atoms with Crippen molar-refractivity contribution in [1.82, 2.24) is 9.78 Å². The summed E-state index contributed by atoms with van der Waals surface area (Å²) in [6, 6.07) is 0. The molecule has 0 aliphatic rings. The number of hydrogen-bond acceptors (Lipinski definition) is 3. The van der Waals surface area contributed by atoms with E-state index >= 15 is 0 Å². The van der Waals surface area contributed by atoms with E-state index in [0.29, 0.717) is 12.2 Å². The normalized spacial score (nSPS) is 10.3. The summed E-state index contributed by atoms with van der Waals surface area (Å²) in [7, 11) is 0. The van der Waals surface area contributed by atoms with Gasteiger partial charge in [-0.3, -0.25) is 14.3 Å². The van der Waals surface area contributed by atoms with Crippen molar-refractivity contribution in [3.8, 4) is 0 Å². The molecule has 0 aliphatic heterocycles. The molecule has 0 radical (unpaired) electrons. The minimum Gasteiger partial charge on any atom is -0.275 e. The van der Waals surface area contributed by atoms with Crippen LogP contribution in [0, 0.1) is 6.92 Å². The summed E-state index contributed by atoms with van der Waals surface area (Å²) in [5, 5.41) is 2.54. The Bertz CT molecular complexity index is 398. The fourth-order valence-corrected chi connectivity index (χ4v) is 1.66. The van der Waals surface area contributed by atoms with Gasteiger partial charge in [0.2, 0.25) is 0 Å². The Labute approximate surface area is 90.8 Å². The lowest BCUT2D eigenvalue weighted by Crippen LogP contribution is -2.08. The first kappa shape index (κ1) is 11.2. The molecule has 0 atom stereocenters. The molecule has 1 aromatic rings. The Balaban J connectivity index is 3.46. The molecule has 0 fully saturated rings. The van der Waals surface area contributed by atoms with E-state index in [0.717, 1.165) is 0 Å². The molecular weight excluding hydrogens is 227 g/mol. The van der Waals surface area contributed by atoms with Crippen LogP contribution >= 0.6 is 23.2 Å². The molecule has 0 amide bonds. The third-order valence-corrected chi connectivity index (χ3v) is 2.18. The van der Waals surface area contributed by atoms with Crippen LogP contribution in [0.25, 0.3) is 0 Å². The van der Waals surface area contributed by atoms with Gasteiger partial charge in [-0.15, -0.1) is 0 Å². The smallest absolute Gasteiger partial charge is 0.271 e. The summed E-state index contributed by atoms with van der Waals surface area (Å²) in [4.78, 5) is 22.1. The first-order valence-corrected chi connectivity index (χ1v) is 4.71. The highest BCUT2D eigenvalue weighted by molar-refractivity contribution is 6.71. The molecule has 0 aliphatic carbocycles. The van der Waals surface area contributed by atoms with E-state index in [1.165, 1.54) is 4.68 Å². The average molecular weight is 235 g/mol. The van der Waals surface area contributed by atoms with E-state index < -0.39 is 10.5 Å². The topological polar surface area (TPSA) is 52.0 Å². The molecule has 6 heteroatoms. The zero-order valence-electron chi connectivity index (χ0n) is 7.67. The Morgan fingerprint density at radius 2 is 1.93 bits per heavy atom. The summed E-state index contributed by atoms with van der Waals surface area (Å²) in [5.41, 5.74) is 0.566.